The molecular formula is C58H52N6O2. The van der Waals surface area contributed by atoms with E-state index >= 15 is 0 Å². The number of nitrogens with zero attached hydrogens (tertiary/aromatic N) is 6. The minimum atomic E-state index is -0.0151. The second kappa shape index (κ2) is 16.1. The Hall–Kier alpha value is -7.58. The third-order valence-electron chi connectivity index (χ3n) is 13.0. The Kier molecular flexibility index (Phi) is 10.1. The molecule has 0 radical (unpaired) electrons. The molecule has 8 heteroatoms. The van der Waals surface area contributed by atoms with E-state index in [-0.39, 0.29) is 22.9 Å². The molecule has 2 aliphatic heterocycles. The fourth-order valence-corrected chi connectivity index (χ4v) is 9.14. The maximum absolute atomic E-state index is 6.12. The lowest BCUT2D eigenvalue weighted by atomic mass is 9.86. The monoisotopic (exact) mass is 864 g/mol. The number of hydrazone groups is 2. The molecule has 0 saturated heterocycles. The van der Waals surface area contributed by atoms with Gasteiger partial charge in [-0.25, -0.2) is 9.97 Å². The highest BCUT2D eigenvalue weighted by molar-refractivity contribution is 6.04. The molecule has 2 unspecified atom stereocenters. The fourth-order valence-electron chi connectivity index (χ4n) is 9.14. The van der Waals surface area contributed by atoms with Crippen molar-refractivity contribution in [3.8, 4) is 22.9 Å². The summed E-state index contributed by atoms with van der Waals surface area (Å²) in [6.45, 7) is 13.5. The van der Waals surface area contributed by atoms with Crippen molar-refractivity contribution in [3.05, 3.63) is 203 Å². The van der Waals surface area contributed by atoms with Crippen LogP contribution in [-0.2, 0) is 10.8 Å². The Bertz CT molecular complexity index is 2970. The highest BCUT2D eigenvalue weighted by atomic mass is 16.4. The maximum Gasteiger partial charge on any atom is 0.227 e. The van der Waals surface area contributed by atoms with Crippen molar-refractivity contribution in [1.82, 2.24) is 9.97 Å². The van der Waals surface area contributed by atoms with E-state index in [0.29, 0.717) is 11.8 Å². The number of hydrogen-bond acceptors (Lipinski definition) is 8. The zero-order valence-corrected chi connectivity index (χ0v) is 38.2. The predicted octanol–water partition coefficient (Wildman–Crippen LogP) is 14.6. The van der Waals surface area contributed by atoms with E-state index in [9.17, 15) is 0 Å². The van der Waals surface area contributed by atoms with Crippen LogP contribution in [0.3, 0.4) is 0 Å². The van der Waals surface area contributed by atoms with Crippen molar-refractivity contribution in [2.24, 2.45) is 10.2 Å². The summed E-state index contributed by atoms with van der Waals surface area (Å²) in [5.74, 6) is 1.21. The van der Waals surface area contributed by atoms with Crippen LogP contribution in [0.1, 0.15) is 99.8 Å². The average Bonchev–Trinajstić information content (AvgIpc) is 4.16. The first-order valence-electron chi connectivity index (χ1n) is 22.9. The summed E-state index contributed by atoms with van der Waals surface area (Å²) in [4.78, 5) is 9.49. The number of aromatic nitrogens is 2. The van der Waals surface area contributed by atoms with E-state index in [1.165, 1.54) is 22.3 Å². The van der Waals surface area contributed by atoms with Crippen molar-refractivity contribution in [1.29, 1.82) is 0 Å². The van der Waals surface area contributed by atoms with Gasteiger partial charge in [-0.05, 0) is 117 Å². The Morgan fingerprint density at radius 1 is 0.409 bits per heavy atom. The molecule has 0 saturated carbocycles. The van der Waals surface area contributed by atoms with E-state index in [0.717, 1.165) is 80.1 Å². The quantitative estimate of drug-likeness (QED) is 0.151. The zero-order chi connectivity index (χ0) is 45.2. The highest BCUT2D eigenvalue weighted by Gasteiger charge is 2.33. The Labute approximate surface area is 386 Å². The van der Waals surface area contributed by atoms with Gasteiger partial charge in [-0.3, -0.25) is 10.0 Å². The SMILES string of the molecule is CC(C)(C)c1ccc(C2=NN(c3ccc(-c4nc5ccccc5o4)cc3)C(c3ccc(C4CC(c5ccc(C(C)(C)C)cc5)=NN4c4ccc(-c5nc6ccccc6o5)cc4)cc3)C2)cc1. The van der Waals surface area contributed by atoms with Gasteiger partial charge in [-0.15, -0.1) is 0 Å². The molecule has 4 heterocycles. The summed E-state index contributed by atoms with van der Waals surface area (Å²) >= 11 is 0. The van der Waals surface area contributed by atoms with Crippen LogP contribution in [0.5, 0.6) is 0 Å². The van der Waals surface area contributed by atoms with E-state index in [1.807, 2.05) is 48.5 Å². The lowest BCUT2D eigenvalue weighted by Gasteiger charge is -2.26. The molecular weight excluding hydrogens is 813 g/mol. The lowest BCUT2D eigenvalue weighted by molar-refractivity contribution is 0.590. The van der Waals surface area contributed by atoms with Crippen LogP contribution in [0, 0.1) is 0 Å². The van der Waals surface area contributed by atoms with E-state index < -0.39 is 0 Å². The first-order valence-corrected chi connectivity index (χ1v) is 22.9. The molecule has 66 heavy (non-hydrogen) atoms. The number of rotatable bonds is 8. The van der Waals surface area contributed by atoms with Crippen LogP contribution in [-0.4, -0.2) is 21.4 Å². The van der Waals surface area contributed by atoms with E-state index in [1.54, 1.807) is 0 Å². The summed E-state index contributed by atoms with van der Waals surface area (Å²) in [5.41, 5.74) is 16.6. The topological polar surface area (TPSA) is 83.3 Å². The highest BCUT2D eigenvalue weighted by Crippen LogP contribution is 2.42. The second-order valence-electron chi connectivity index (χ2n) is 19.6. The van der Waals surface area contributed by atoms with Gasteiger partial charge in [-0.1, -0.05) is 139 Å². The van der Waals surface area contributed by atoms with E-state index in [2.05, 4.69) is 173 Å². The molecule has 2 atom stereocenters. The minimum Gasteiger partial charge on any atom is -0.436 e. The van der Waals surface area contributed by atoms with Gasteiger partial charge in [0.25, 0.3) is 0 Å². The molecule has 7 aromatic carbocycles. The number of benzene rings is 7. The van der Waals surface area contributed by atoms with Gasteiger partial charge in [0, 0.05) is 24.0 Å². The minimum absolute atomic E-state index is 0.0151. The lowest BCUT2D eigenvalue weighted by Crippen LogP contribution is -2.20. The maximum atomic E-state index is 6.12. The molecule has 0 amide bonds. The van der Waals surface area contributed by atoms with Crippen LogP contribution < -0.4 is 10.0 Å². The molecule has 9 aromatic rings. The first-order chi connectivity index (χ1) is 31.9. The van der Waals surface area contributed by atoms with Gasteiger partial charge in [0.1, 0.15) is 11.0 Å². The predicted molar refractivity (Wildman–Crippen MR) is 268 cm³/mol. The van der Waals surface area contributed by atoms with E-state index in [4.69, 9.17) is 29.0 Å². The Morgan fingerprint density at radius 2 is 0.758 bits per heavy atom. The van der Waals surface area contributed by atoms with Gasteiger partial charge < -0.3 is 8.83 Å². The second-order valence-corrected chi connectivity index (χ2v) is 19.6. The Balaban J connectivity index is 0.912. The third kappa shape index (κ3) is 7.87. The molecule has 8 nitrogen and oxygen atoms in total. The normalized spacial score (nSPS) is 16.6. The number of hydrogen-bond donors (Lipinski definition) is 0. The number of anilines is 2. The molecule has 2 aromatic heterocycles. The third-order valence-corrected chi connectivity index (χ3v) is 13.0. The van der Waals surface area contributed by atoms with Gasteiger partial charge in [-0.2, -0.15) is 10.2 Å². The number of oxazole rings is 2. The van der Waals surface area contributed by atoms with Gasteiger partial charge >= 0.3 is 0 Å². The fraction of sp³-hybridized carbons (Fsp3) is 0.207. The largest absolute Gasteiger partial charge is 0.436 e. The zero-order valence-electron chi connectivity index (χ0n) is 38.2. The van der Waals surface area contributed by atoms with Crippen molar-refractivity contribution in [2.45, 2.75) is 77.3 Å². The molecule has 326 valence electrons. The molecule has 0 spiro atoms. The molecule has 11 rings (SSSR count). The summed E-state index contributed by atoms with van der Waals surface area (Å²) in [5, 5.41) is 15.1. The van der Waals surface area contributed by atoms with Crippen molar-refractivity contribution in [2.75, 3.05) is 10.0 Å². The summed E-state index contributed by atoms with van der Waals surface area (Å²) in [6, 6.07) is 59.5. The van der Waals surface area contributed by atoms with Crippen molar-refractivity contribution in [3.63, 3.8) is 0 Å². The molecule has 2 aliphatic rings. The van der Waals surface area contributed by atoms with Crippen molar-refractivity contribution < 1.29 is 8.83 Å². The van der Waals surface area contributed by atoms with Gasteiger partial charge in [0.15, 0.2) is 11.2 Å². The van der Waals surface area contributed by atoms with Crippen LogP contribution in [0.4, 0.5) is 11.4 Å². The first kappa shape index (κ1) is 41.1. The van der Waals surface area contributed by atoms with Crippen molar-refractivity contribution >= 4 is 45.0 Å². The summed E-state index contributed by atoms with van der Waals surface area (Å²) < 4.78 is 12.2. The van der Waals surface area contributed by atoms with Crippen LogP contribution >= 0.6 is 0 Å². The smallest absolute Gasteiger partial charge is 0.227 e. The summed E-state index contributed by atoms with van der Waals surface area (Å²) in [7, 11) is 0. The van der Waals surface area contributed by atoms with Crippen LogP contribution in [0.2, 0.25) is 0 Å². The van der Waals surface area contributed by atoms with Crippen LogP contribution in [0.25, 0.3) is 45.1 Å². The van der Waals surface area contributed by atoms with Gasteiger partial charge in [0.2, 0.25) is 11.8 Å². The van der Waals surface area contributed by atoms with Gasteiger partial charge in [0.05, 0.1) is 34.9 Å². The number of fused-ring (bicyclic) bond motifs is 2. The molecule has 0 aliphatic carbocycles. The van der Waals surface area contributed by atoms with Crippen LogP contribution in [0.15, 0.2) is 189 Å². The average molecular weight is 865 g/mol. The standard InChI is InChI=1S/C58H52N6O2/c1-57(2,3)43-27-19-37(20-28-43)49-35-51(63(61-49)45-31-23-41(24-32-45)55-59-47-11-7-9-13-53(47)65-55)39-15-17-40(18-16-39)52-36-50(38-21-29-44(30-22-38)58(4,5)6)62-64(52)46-33-25-42(26-34-46)56-60-48-12-8-10-14-54(48)66-56/h7-34,51-52H,35-36H2,1-6H3. The summed E-state index contributed by atoms with van der Waals surface area (Å²) in [6.07, 6.45) is 1.53. The molecule has 0 fully saturated rings. The Morgan fingerprint density at radius 3 is 1.11 bits per heavy atom. The number of para-hydroxylation sites is 4. The molecule has 0 bridgehead atoms. The molecule has 0 N–H and O–H groups in total.